The summed E-state index contributed by atoms with van der Waals surface area (Å²) in [6, 6.07) is 4.13. The van der Waals surface area contributed by atoms with Gasteiger partial charge in [0.05, 0.1) is 5.69 Å². The number of nitrogens with one attached hydrogen (secondary N) is 1. The minimum Gasteiger partial charge on any atom is -0.507 e. The number of aryl methyl sites for hydroxylation is 2. The third-order valence-electron chi connectivity index (χ3n) is 5.52. The number of phenols is 1. The highest BCUT2D eigenvalue weighted by Crippen LogP contribution is 2.40. The molecule has 3 heteroatoms. The molecule has 2 N–H and O–H groups in total. The van der Waals surface area contributed by atoms with Crippen LogP contribution in [0.5, 0.6) is 5.75 Å². The van der Waals surface area contributed by atoms with Gasteiger partial charge in [0, 0.05) is 12.1 Å². The van der Waals surface area contributed by atoms with Crippen LogP contribution < -0.4 is 0 Å². The molecule has 0 fully saturated rings. The second kappa shape index (κ2) is 7.18. The van der Waals surface area contributed by atoms with Crippen LogP contribution in [-0.4, -0.2) is 15.9 Å². The first-order valence-electron chi connectivity index (χ1n) is 9.79. The van der Waals surface area contributed by atoms with Crippen molar-refractivity contribution in [2.45, 2.75) is 86.0 Å². The molecule has 27 heavy (non-hydrogen) atoms. The molecule has 1 aromatic heterocycles. The Kier molecular flexibility index (Phi) is 5.66. The molecule has 3 nitrogen and oxygen atoms in total. The fraction of sp³-hybridized carbons (Fsp3) is 0.542. The molecule has 0 saturated carbocycles. The Hall–Kier alpha value is -2.03. The van der Waals surface area contributed by atoms with E-state index in [0.717, 1.165) is 39.2 Å². The van der Waals surface area contributed by atoms with Crippen LogP contribution in [0.25, 0.3) is 0 Å². The van der Waals surface area contributed by atoms with E-state index in [0.29, 0.717) is 18.6 Å². The van der Waals surface area contributed by atoms with Crippen molar-refractivity contribution in [3.05, 3.63) is 51.3 Å². The molecule has 0 amide bonds. The molecule has 1 aromatic carbocycles. The lowest BCUT2D eigenvalue weighted by Crippen LogP contribution is -2.18. The molecule has 0 aliphatic heterocycles. The van der Waals surface area contributed by atoms with Crippen molar-refractivity contribution in [1.29, 1.82) is 0 Å². The predicted molar refractivity (Wildman–Crippen MR) is 113 cm³/mol. The van der Waals surface area contributed by atoms with Crippen LogP contribution in [0.3, 0.4) is 0 Å². The zero-order valence-corrected chi connectivity index (χ0v) is 18.4. The third kappa shape index (κ3) is 4.45. The van der Waals surface area contributed by atoms with E-state index in [1.165, 1.54) is 0 Å². The summed E-state index contributed by atoms with van der Waals surface area (Å²) in [4.78, 5) is 16.0. The Labute approximate surface area is 164 Å². The zero-order chi connectivity index (χ0) is 20.7. The molecular weight excluding hydrogens is 334 g/mol. The van der Waals surface area contributed by atoms with Crippen LogP contribution >= 0.6 is 0 Å². The topological polar surface area (TPSA) is 53.1 Å². The number of hydrogen-bond donors (Lipinski definition) is 2. The average Bonchev–Trinajstić information content (AvgIpc) is 2.79. The third-order valence-corrected chi connectivity index (χ3v) is 5.52. The number of carbonyl (C=O) groups is 1. The quantitative estimate of drug-likeness (QED) is 0.644. The van der Waals surface area contributed by atoms with E-state index in [9.17, 15) is 9.90 Å². The number of H-pyrrole nitrogens is 1. The van der Waals surface area contributed by atoms with Crippen LogP contribution in [0.1, 0.15) is 92.0 Å². The van der Waals surface area contributed by atoms with E-state index in [2.05, 4.69) is 58.7 Å². The van der Waals surface area contributed by atoms with E-state index in [1.54, 1.807) is 0 Å². The fourth-order valence-electron chi connectivity index (χ4n) is 3.49. The lowest BCUT2D eigenvalue weighted by molar-refractivity contribution is 0.0978. The smallest absolute Gasteiger partial charge is 0.179 e. The maximum absolute atomic E-state index is 12.8. The number of Topliss-reactive ketones (excluding diaryl/α,β-unsaturated/α-hetero) is 1. The summed E-state index contributed by atoms with van der Waals surface area (Å²) in [7, 11) is 0. The van der Waals surface area contributed by atoms with Gasteiger partial charge in [-0.1, -0.05) is 53.7 Å². The molecule has 0 saturated heterocycles. The van der Waals surface area contributed by atoms with Gasteiger partial charge in [-0.15, -0.1) is 0 Å². The SMILES string of the molecule is Cc1[nH]c(C(=O)CCc2cc(C(C)(C)C)c(O)c(C(C)(C)C)c2)c(C)c1C. The number of ketones is 1. The number of aromatic nitrogens is 1. The molecule has 0 aliphatic carbocycles. The highest BCUT2D eigenvalue weighted by Gasteiger charge is 2.26. The van der Waals surface area contributed by atoms with E-state index < -0.39 is 0 Å². The minimum absolute atomic E-state index is 0.145. The lowest BCUT2D eigenvalue weighted by Gasteiger charge is -2.28. The maximum Gasteiger partial charge on any atom is 0.179 e. The molecule has 148 valence electrons. The molecule has 0 aliphatic rings. The zero-order valence-electron chi connectivity index (χ0n) is 18.4. The summed E-state index contributed by atoms with van der Waals surface area (Å²) in [6.45, 7) is 18.7. The molecule has 1 heterocycles. The van der Waals surface area contributed by atoms with Gasteiger partial charge in [0.1, 0.15) is 5.75 Å². The van der Waals surface area contributed by atoms with Crippen LogP contribution in [0, 0.1) is 20.8 Å². The summed E-state index contributed by atoms with van der Waals surface area (Å²) in [6.07, 6.45) is 1.13. The van der Waals surface area contributed by atoms with Gasteiger partial charge in [0.2, 0.25) is 0 Å². The standard InChI is InChI=1S/C24H35NO2/c1-14-15(2)21(25-16(14)3)20(26)11-10-17-12-18(23(4,5)6)22(27)19(13-17)24(7,8)9/h12-13,25,27H,10-11H2,1-9H3. The first kappa shape index (κ1) is 21.3. The monoisotopic (exact) mass is 369 g/mol. The fourth-order valence-corrected chi connectivity index (χ4v) is 3.49. The van der Waals surface area contributed by atoms with Crippen molar-refractivity contribution in [3.8, 4) is 5.75 Å². The minimum atomic E-state index is -0.158. The predicted octanol–water partition coefficient (Wildman–Crippen LogP) is 6.06. The van der Waals surface area contributed by atoms with Crippen molar-refractivity contribution in [2.75, 3.05) is 0 Å². The van der Waals surface area contributed by atoms with Crippen molar-refractivity contribution in [1.82, 2.24) is 4.98 Å². The second-order valence-electron chi connectivity index (χ2n) is 9.84. The van der Waals surface area contributed by atoms with E-state index >= 15 is 0 Å². The van der Waals surface area contributed by atoms with Gasteiger partial charge < -0.3 is 10.1 Å². The Balaban J connectivity index is 2.36. The molecule has 2 rings (SSSR count). The maximum atomic E-state index is 12.8. The summed E-state index contributed by atoms with van der Waals surface area (Å²) >= 11 is 0. The first-order valence-corrected chi connectivity index (χ1v) is 9.79. The molecule has 2 aromatic rings. The lowest BCUT2D eigenvalue weighted by atomic mass is 9.78. The van der Waals surface area contributed by atoms with Gasteiger partial charge in [-0.3, -0.25) is 4.79 Å². The Morgan fingerprint density at radius 1 is 0.926 bits per heavy atom. The van der Waals surface area contributed by atoms with E-state index in [-0.39, 0.29) is 16.6 Å². The average molecular weight is 370 g/mol. The van der Waals surface area contributed by atoms with Gasteiger partial charge in [0.15, 0.2) is 5.78 Å². The summed E-state index contributed by atoms with van der Waals surface area (Å²) < 4.78 is 0. The second-order valence-corrected chi connectivity index (χ2v) is 9.84. The molecule has 0 spiro atoms. The number of hydrogen-bond acceptors (Lipinski definition) is 2. The van der Waals surface area contributed by atoms with E-state index in [1.807, 2.05) is 20.8 Å². The number of rotatable bonds is 4. The molecule has 0 atom stereocenters. The number of phenolic OH excluding ortho intramolecular Hbond substituents is 1. The number of benzene rings is 1. The summed E-state index contributed by atoms with van der Waals surface area (Å²) in [5, 5.41) is 10.8. The molecular formula is C24H35NO2. The molecule has 0 unspecified atom stereocenters. The van der Waals surface area contributed by atoms with Crippen LogP contribution in [0.2, 0.25) is 0 Å². The van der Waals surface area contributed by atoms with Crippen LogP contribution in [0.4, 0.5) is 0 Å². The van der Waals surface area contributed by atoms with Gasteiger partial charge in [0.25, 0.3) is 0 Å². The Bertz CT molecular complexity index is 823. The highest BCUT2D eigenvalue weighted by molar-refractivity contribution is 5.96. The Morgan fingerprint density at radius 2 is 1.41 bits per heavy atom. The summed E-state index contributed by atoms with van der Waals surface area (Å²) in [5.41, 5.74) is 6.68. The van der Waals surface area contributed by atoms with Gasteiger partial charge >= 0.3 is 0 Å². The van der Waals surface area contributed by atoms with Crippen molar-refractivity contribution in [2.24, 2.45) is 0 Å². The number of carbonyl (C=O) groups excluding carboxylic acids is 1. The number of aromatic hydroxyl groups is 1. The van der Waals surface area contributed by atoms with Crippen LogP contribution in [-0.2, 0) is 17.3 Å². The molecule has 0 bridgehead atoms. The normalized spacial score (nSPS) is 12.5. The largest absolute Gasteiger partial charge is 0.507 e. The van der Waals surface area contributed by atoms with Gasteiger partial charge in [-0.2, -0.15) is 0 Å². The van der Waals surface area contributed by atoms with Crippen molar-refractivity contribution < 1.29 is 9.90 Å². The highest BCUT2D eigenvalue weighted by atomic mass is 16.3. The van der Waals surface area contributed by atoms with Crippen molar-refractivity contribution in [3.63, 3.8) is 0 Å². The van der Waals surface area contributed by atoms with Gasteiger partial charge in [-0.25, -0.2) is 0 Å². The van der Waals surface area contributed by atoms with Gasteiger partial charge in [-0.05, 0) is 65.8 Å². The van der Waals surface area contributed by atoms with Crippen LogP contribution in [0.15, 0.2) is 12.1 Å². The molecule has 0 radical (unpaired) electrons. The summed E-state index contributed by atoms with van der Waals surface area (Å²) in [5.74, 6) is 0.530. The van der Waals surface area contributed by atoms with Crippen molar-refractivity contribution >= 4 is 5.78 Å². The Morgan fingerprint density at radius 3 is 1.78 bits per heavy atom. The first-order chi connectivity index (χ1) is 12.2. The van der Waals surface area contributed by atoms with E-state index in [4.69, 9.17) is 0 Å². The number of aromatic amines is 1.